The van der Waals surface area contributed by atoms with Crippen LogP contribution in [0, 0.1) is 0 Å². The van der Waals surface area contributed by atoms with Crippen molar-refractivity contribution in [2.24, 2.45) is 0 Å². The van der Waals surface area contributed by atoms with Gasteiger partial charge in [-0.25, -0.2) is 0 Å². The molecule has 0 radical (unpaired) electrons. The molecule has 1 atom stereocenters. The molecule has 1 N–H and O–H groups in total. The third-order valence-corrected chi connectivity index (χ3v) is 3.73. The van der Waals surface area contributed by atoms with Crippen molar-refractivity contribution in [3.63, 3.8) is 0 Å². The van der Waals surface area contributed by atoms with Crippen LogP contribution in [0.4, 0.5) is 0 Å². The van der Waals surface area contributed by atoms with Gasteiger partial charge in [-0.05, 0) is 56.2 Å². The highest BCUT2D eigenvalue weighted by molar-refractivity contribution is 6.30. The summed E-state index contributed by atoms with van der Waals surface area (Å²) in [4.78, 5) is 12.3. The van der Waals surface area contributed by atoms with Crippen LogP contribution in [0.15, 0.2) is 48.5 Å². The van der Waals surface area contributed by atoms with E-state index in [1.807, 2.05) is 69.3 Å². The number of ether oxygens (including phenoxy) is 1. The van der Waals surface area contributed by atoms with Crippen LogP contribution in [0.5, 0.6) is 0 Å². The van der Waals surface area contributed by atoms with Crippen molar-refractivity contribution < 1.29 is 9.53 Å². The lowest BCUT2D eigenvalue weighted by Gasteiger charge is -2.15. The summed E-state index contributed by atoms with van der Waals surface area (Å²) in [5.74, 6) is -0.103. The quantitative estimate of drug-likeness (QED) is 0.829. The lowest BCUT2D eigenvalue weighted by Crippen LogP contribution is -2.26. The van der Waals surface area contributed by atoms with Crippen LogP contribution in [-0.4, -0.2) is 12.0 Å². The maximum absolute atomic E-state index is 12.3. The van der Waals surface area contributed by atoms with Gasteiger partial charge in [0.25, 0.3) is 5.91 Å². The molecule has 0 aliphatic heterocycles. The molecule has 2 aromatic rings. The molecule has 0 saturated heterocycles. The summed E-state index contributed by atoms with van der Waals surface area (Å²) in [5, 5.41) is 3.65. The van der Waals surface area contributed by atoms with E-state index in [9.17, 15) is 4.79 Å². The summed E-state index contributed by atoms with van der Waals surface area (Å²) >= 11 is 5.99. The maximum atomic E-state index is 12.3. The monoisotopic (exact) mass is 331 g/mol. The highest BCUT2D eigenvalue weighted by atomic mass is 35.5. The Morgan fingerprint density at radius 3 is 2.43 bits per heavy atom. The first kappa shape index (κ1) is 17.5. The van der Waals surface area contributed by atoms with Crippen LogP contribution in [0.25, 0.3) is 0 Å². The minimum atomic E-state index is -0.106. The van der Waals surface area contributed by atoms with E-state index in [0.29, 0.717) is 17.2 Å². The van der Waals surface area contributed by atoms with E-state index in [-0.39, 0.29) is 18.1 Å². The first-order valence-corrected chi connectivity index (χ1v) is 8.10. The Kier molecular flexibility index (Phi) is 6.20. The summed E-state index contributed by atoms with van der Waals surface area (Å²) < 4.78 is 5.55. The molecule has 3 nitrogen and oxygen atoms in total. The normalized spacial score (nSPS) is 12.2. The molecule has 4 heteroatoms. The molecular weight excluding hydrogens is 310 g/mol. The minimum absolute atomic E-state index is 0.103. The van der Waals surface area contributed by atoms with Gasteiger partial charge < -0.3 is 10.1 Å². The summed E-state index contributed by atoms with van der Waals surface area (Å²) in [7, 11) is 0. The topological polar surface area (TPSA) is 38.3 Å². The van der Waals surface area contributed by atoms with Gasteiger partial charge >= 0.3 is 0 Å². The molecule has 0 saturated carbocycles. The Morgan fingerprint density at radius 1 is 1.13 bits per heavy atom. The van der Waals surface area contributed by atoms with Gasteiger partial charge in [0.05, 0.1) is 18.8 Å². The molecule has 122 valence electrons. The van der Waals surface area contributed by atoms with Crippen LogP contribution in [0.2, 0.25) is 5.02 Å². The summed E-state index contributed by atoms with van der Waals surface area (Å²) in [6.45, 7) is 6.49. The average Bonchev–Trinajstić information content (AvgIpc) is 2.53. The van der Waals surface area contributed by atoms with Crippen molar-refractivity contribution >= 4 is 17.5 Å². The predicted molar refractivity (Wildman–Crippen MR) is 93.7 cm³/mol. The number of carbonyl (C=O) groups excluding carboxylic acids is 1. The number of carbonyl (C=O) groups is 1. The van der Waals surface area contributed by atoms with Gasteiger partial charge in [0.15, 0.2) is 0 Å². The maximum Gasteiger partial charge on any atom is 0.251 e. The van der Waals surface area contributed by atoms with Crippen molar-refractivity contribution in [3.8, 4) is 0 Å². The molecule has 0 aliphatic carbocycles. The van der Waals surface area contributed by atoms with Gasteiger partial charge in [-0.15, -0.1) is 0 Å². The van der Waals surface area contributed by atoms with E-state index in [1.54, 1.807) is 0 Å². The van der Waals surface area contributed by atoms with Crippen molar-refractivity contribution in [3.05, 3.63) is 70.2 Å². The lowest BCUT2D eigenvalue weighted by atomic mass is 10.1. The largest absolute Gasteiger partial charge is 0.374 e. The minimum Gasteiger partial charge on any atom is -0.374 e. The van der Waals surface area contributed by atoms with E-state index in [2.05, 4.69) is 5.32 Å². The fraction of sp³-hybridized carbons (Fsp3) is 0.316. The molecule has 23 heavy (non-hydrogen) atoms. The van der Waals surface area contributed by atoms with Gasteiger partial charge in [0.1, 0.15) is 0 Å². The van der Waals surface area contributed by atoms with Crippen LogP contribution in [0.1, 0.15) is 48.3 Å². The SMILES string of the molecule is CC(C)OCc1ccc(C(=O)N[C@@H](C)c2cccc(Cl)c2)cc1. The number of hydrogen-bond acceptors (Lipinski definition) is 2. The van der Waals surface area contributed by atoms with Crippen LogP contribution in [0.3, 0.4) is 0 Å². The zero-order valence-corrected chi connectivity index (χ0v) is 14.4. The van der Waals surface area contributed by atoms with Crippen LogP contribution in [-0.2, 0) is 11.3 Å². The Labute approximate surface area is 142 Å². The van der Waals surface area contributed by atoms with E-state index >= 15 is 0 Å². The highest BCUT2D eigenvalue weighted by Crippen LogP contribution is 2.18. The molecular formula is C19H22ClNO2. The second-order valence-corrected chi connectivity index (χ2v) is 6.24. The zero-order valence-electron chi connectivity index (χ0n) is 13.7. The van der Waals surface area contributed by atoms with E-state index < -0.39 is 0 Å². The number of nitrogens with one attached hydrogen (secondary N) is 1. The number of halogens is 1. The second-order valence-electron chi connectivity index (χ2n) is 5.81. The van der Waals surface area contributed by atoms with E-state index in [1.165, 1.54) is 0 Å². The fourth-order valence-electron chi connectivity index (χ4n) is 2.15. The molecule has 0 aromatic heterocycles. The van der Waals surface area contributed by atoms with Gasteiger partial charge in [-0.3, -0.25) is 4.79 Å². The van der Waals surface area contributed by atoms with Crippen molar-refractivity contribution in [2.75, 3.05) is 0 Å². The molecule has 2 aromatic carbocycles. The lowest BCUT2D eigenvalue weighted by molar-refractivity contribution is 0.0656. The first-order chi connectivity index (χ1) is 11.0. The highest BCUT2D eigenvalue weighted by Gasteiger charge is 2.11. The number of amides is 1. The molecule has 2 rings (SSSR count). The third kappa shape index (κ3) is 5.38. The summed E-state index contributed by atoms with van der Waals surface area (Å²) in [6.07, 6.45) is 0.191. The van der Waals surface area contributed by atoms with Gasteiger partial charge in [-0.1, -0.05) is 35.9 Å². The van der Waals surface area contributed by atoms with E-state index in [4.69, 9.17) is 16.3 Å². The molecule has 0 spiro atoms. The molecule has 0 bridgehead atoms. The third-order valence-electron chi connectivity index (χ3n) is 3.50. The second kappa shape index (κ2) is 8.14. The van der Waals surface area contributed by atoms with Gasteiger partial charge in [0, 0.05) is 10.6 Å². The Morgan fingerprint density at radius 2 is 1.83 bits per heavy atom. The van der Waals surface area contributed by atoms with Crippen LogP contribution < -0.4 is 5.32 Å². The smallest absolute Gasteiger partial charge is 0.251 e. The zero-order chi connectivity index (χ0) is 16.8. The van der Waals surface area contributed by atoms with Crippen LogP contribution >= 0.6 is 11.6 Å². The Balaban J connectivity index is 1.97. The Hall–Kier alpha value is -1.84. The molecule has 0 heterocycles. The number of hydrogen-bond donors (Lipinski definition) is 1. The molecule has 1 amide bonds. The van der Waals surface area contributed by atoms with Crippen molar-refractivity contribution in [1.82, 2.24) is 5.32 Å². The van der Waals surface area contributed by atoms with E-state index in [0.717, 1.165) is 11.1 Å². The summed E-state index contributed by atoms with van der Waals surface area (Å²) in [6, 6.07) is 14.9. The fourth-order valence-corrected chi connectivity index (χ4v) is 2.35. The first-order valence-electron chi connectivity index (χ1n) is 7.72. The summed E-state index contributed by atoms with van der Waals surface area (Å²) in [5.41, 5.74) is 2.66. The number of rotatable bonds is 6. The Bertz CT molecular complexity index is 653. The number of benzene rings is 2. The predicted octanol–water partition coefficient (Wildman–Crippen LogP) is 4.76. The van der Waals surface area contributed by atoms with Gasteiger partial charge in [-0.2, -0.15) is 0 Å². The molecule has 0 fully saturated rings. The molecule has 0 unspecified atom stereocenters. The van der Waals surface area contributed by atoms with Crippen molar-refractivity contribution in [1.29, 1.82) is 0 Å². The standard InChI is InChI=1S/C19H22ClNO2/c1-13(2)23-12-15-7-9-16(10-8-15)19(22)21-14(3)17-5-4-6-18(20)11-17/h4-11,13-14H,12H2,1-3H3,(H,21,22)/t14-/m0/s1. The molecule has 0 aliphatic rings. The van der Waals surface area contributed by atoms with Crippen molar-refractivity contribution in [2.45, 2.75) is 39.5 Å². The van der Waals surface area contributed by atoms with Gasteiger partial charge in [0.2, 0.25) is 0 Å². The average molecular weight is 332 g/mol.